The Bertz CT molecular complexity index is 1310. The molecule has 0 radical (unpaired) electrons. The minimum Gasteiger partial charge on any atom is -0.369 e. The molecule has 1 amide bonds. The third-order valence-electron chi connectivity index (χ3n) is 5.36. The van der Waals surface area contributed by atoms with Crippen molar-refractivity contribution in [3.05, 3.63) is 44.7 Å². The molecule has 4 rings (SSSR count). The molecule has 0 aliphatic carbocycles. The van der Waals surface area contributed by atoms with E-state index in [0.29, 0.717) is 39.6 Å². The first kappa shape index (κ1) is 22.9. The van der Waals surface area contributed by atoms with Crippen molar-refractivity contribution >= 4 is 61.6 Å². The number of hydrogen-bond acceptors (Lipinski definition) is 8. The zero-order valence-electron chi connectivity index (χ0n) is 18.0. The minimum atomic E-state index is -3.17. The molecule has 0 unspecified atom stereocenters. The number of nitrogens with one attached hydrogen (secondary N) is 1. The summed E-state index contributed by atoms with van der Waals surface area (Å²) in [6.45, 7) is 6.59. The lowest BCUT2D eigenvalue weighted by Gasteiger charge is -2.20. The summed E-state index contributed by atoms with van der Waals surface area (Å²) >= 11 is 6.47. The van der Waals surface area contributed by atoms with Crippen molar-refractivity contribution in [1.29, 1.82) is 0 Å². The predicted molar refractivity (Wildman–Crippen MR) is 132 cm³/mol. The number of aryl methyl sites for hydroxylation is 1. The van der Waals surface area contributed by atoms with E-state index < -0.39 is 15.9 Å². The van der Waals surface area contributed by atoms with Crippen LogP contribution in [0.4, 0.5) is 5.82 Å². The van der Waals surface area contributed by atoms with Gasteiger partial charge in [0.15, 0.2) is 9.84 Å². The Morgan fingerprint density at radius 2 is 2.09 bits per heavy atom. The van der Waals surface area contributed by atoms with E-state index in [0.717, 1.165) is 17.3 Å². The van der Waals surface area contributed by atoms with Crippen LogP contribution in [-0.2, 0) is 14.6 Å². The average Bonchev–Trinajstić information content (AvgIpc) is 3.20. The largest absolute Gasteiger partial charge is 0.369 e. The van der Waals surface area contributed by atoms with Gasteiger partial charge < -0.3 is 5.32 Å². The van der Waals surface area contributed by atoms with Gasteiger partial charge in [0.2, 0.25) is 0 Å². The molecule has 4 heterocycles. The van der Waals surface area contributed by atoms with Crippen LogP contribution in [0.3, 0.4) is 0 Å². The van der Waals surface area contributed by atoms with E-state index >= 15 is 0 Å². The van der Waals surface area contributed by atoms with Crippen LogP contribution >= 0.6 is 24.0 Å². The maximum Gasteiger partial charge on any atom is 0.267 e. The second-order valence-corrected chi connectivity index (χ2v) is 12.4. The lowest BCUT2D eigenvalue weighted by Crippen LogP contribution is -2.39. The smallest absolute Gasteiger partial charge is 0.267 e. The molecule has 0 aromatic carbocycles. The molecule has 0 spiro atoms. The van der Waals surface area contributed by atoms with Gasteiger partial charge in [-0.25, -0.2) is 13.4 Å². The summed E-state index contributed by atoms with van der Waals surface area (Å²) in [7, 11) is -3.17. The van der Waals surface area contributed by atoms with E-state index in [2.05, 4.69) is 10.3 Å². The van der Waals surface area contributed by atoms with Crippen LogP contribution in [0.1, 0.15) is 31.4 Å². The molecule has 2 aliphatic rings. The second kappa shape index (κ2) is 8.60. The van der Waals surface area contributed by atoms with Crippen LogP contribution in [0.2, 0.25) is 0 Å². The molecule has 32 heavy (non-hydrogen) atoms. The van der Waals surface area contributed by atoms with E-state index in [4.69, 9.17) is 12.2 Å². The number of carbonyl (C=O) groups excluding carboxylic acids is 1. The number of pyridine rings is 1. The number of thioether (sulfide) groups is 1. The summed E-state index contributed by atoms with van der Waals surface area (Å²) in [5, 5.41) is 3.22. The topological polar surface area (TPSA) is 101 Å². The number of anilines is 1. The second-order valence-electron chi connectivity index (χ2n) is 8.50. The average molecular weight is 493 g/mol. The molecular formula is C21H24N4O4S3. The van der Waals surface area contributed by atoms with Crippen LogP contribution in [-0.4, -0.2) is 57.0 Å². The standard InChI is InChI=1S/C21H24N4O4S3/c1-12(2)9-22-18-15(19(26)24-10-13(3)4-5-17(24)23-18)8-16-20(27)25(21(30)31-16)14-6-7-32(28,29)11-14/h4-5,8,10,12,14,22H,6-7,9,11H2,1-3H3/b16-8-/t14-/m1/s1. The fourth-order valence-corrected chi connectivity index (χ4v) is 6.81. The number of sulfone groups is 1. The Balaban J connectivity index is 1.77. The Morgan fingerprint density at radius 1 is 1.34 bits per heavy atom. The Hall–Kier alpha value is -2.24. The fourth-order valence-electron chi connectivity index (χ4n) is 3.73. The number of fused-ring (bicyclic) bond motifs is 1. The number of carbonyl (C=O) groups is 1. The lowest BCUT2D eigenvalue weighted by molar-refractivity contribution is -0.123. The Kier molecular flexibility index (Phi) is 6.17. The van der Waals surface area contributed by atoms with Crippen molar-refractivity contribution < 1.29 is 13.2 Å². The molecule has 2 saturated heterocycles. The number of aromatic nitrogens is 2. The summed E-state index contributed by atoms with van der Waals surface area (Å²) in [6.07, 6.45) is 3.60. The molecule has 2 aliphatic heterocycles. The molecule has 2 fully saturated rings. The first-order valence-corrected chi connectivity index (χ1v) is 13.3. The highest BCUT2D eigenvalue weighted by atomic mass is 32.2. The summed E-state index contributed by atoms with van der Waals surface area (Å²) < 4.78 is 25.6. The molecule has 2 aromatic rings. The van der Waals surface area contributed by atoms with Gasteiger partial charge >= 0.3 is 0 Å². The van der Waals surface area contributed by atoms with E-state index in [1.165, 1.54) is 15.4 Å². The first-order chi connectivity index (χ1) is 15.1. The molecule has 1 N–H and O–H groups in total. The molecule has 0 saturated carbocycles. The maximum atomic E-state index is 13.3. The van der Waals surface area contributed by atoms with Crippen molar-refractivity contribution in [2.24, 2.45) is 5.92 Å². The van der Waals surface area contributed by atoms with Gasteiger partial charge in [0.1, 0.15) is 15.8 Å². The van der Waals surface area contributed by atoms with Crippen LogP contribution in [0.15, 0.2) is 28.0 Å². The van der Waals surface area contributed by atoms with Gasteiger partial charge in [0.05, 0.1) is 28.0 Å². The highest BCUT2D eigenvalue weighted by Crippen LogP contribution is 2.36. The number of hydrogen-bond donors (Lipinski definition) is 1. The zero-order chi connectivity index (χ0) is 23.2. The summed E-state index contributed by atoms with van der Waals surface area (Å²) in [6, 6.07) is 3.20. The summed E-state index contributed by atoms with van der Waals surface area (Å²) in [5.74, 6) is 0.315. The van der Waals surface area contributed by atoms with Gasteiger partial charge in [-0.1, -0.05) is 43.9 Å². The minimum absolute atomic E-state index is 0.0480. The molecule has 170 valence electrons. The van der Waals surface area contributed by atoms with Gasteiger partial charge in [0.25, 0.3) is 11.5 Å². The van der Waals surface area contributed by atoms with Crippen LogP contribution < -0.4 is 10.9 Å². The summed E-state index contributed by atoms with van der Waals surface area (Å²) in [5.41, 5.74) is 1.39. The van der Waals surface area contributed by atoms with Crippen molar-refractivity contribution in [3.8, 4) is 0 Å². The molecule has 0 bridgehead atoms. The van der Waals surface area contributed by atoms with E-state index in [-0.39, 0.29) is 28.5 Å². The van der Waals surface area contributed by atoms with Crippen molar-refractivity contribution in [3.63, 3.8) is 0 Å². The monoisotopic (exact) mass is 492 g/mol. The molecule has 2 aromatic heterocycles. The third kappa shape index (κ3) is 4.46. The van der Waals surface area contributed by atoms with Crippen molar-refractivity contribution in [1.82, 2.24) is 14.3 Å². The predicted octanol–water partition coefficient (Wildman–Crippen LogP) is 2.46. The van der Waals surface area contributed by atoms with Crippen LogP contribution in [0, 0.1) is 12.8 Å². The van der Waals surface area contributed by atoms with Crippen LogP contribution in [0.5, 0.6) is 0 Å². The van der Waals surface area contributed by atoms with E-state index in [9.17, 15) is 18.0 Å². The Labute approximate surface area is 196 Å². The van der Waals surface area contributed by atoms with E-state index in [1.54, 1.807) is 12.3 Å². The SMILES string of the molecule is Cc1ccc2nc(NCC(C)C)c(/C=C3\SC(=S)N([C@@H]4CCS(=O)(=O)C4)C3=O)c(=O)n2c1. The number of thiocarbonyl (C=S) groups is 1. The highest BCUT2D eigenvalue weighted by molar-refractivity contribution is 8.26. The zero-order valence-corrected chi connectivity index (χ0v) is 20.4. The number of rotatable bonds is 5. The molecular weight excluding hydrogens is 468 g/mol. The lowest BCUT2D eigenvalue weighted by atomic mass is 10.2. The van der Waals surface area contributed by atoms with Gasteiger partial charge in [-0.3, -0.25) is 18.9 Å². The summed E-state index contributed by atoms with van der Waals surface area (Å²) in [4.78, 5) is 32.8. The molecule has 8 nitrogen and oxygen atoms in total. The maximum absolute atomic E-state index is 13.3. The van der Waals surface area contributed by atoms with Crippen LogP contribution in [0.25, 0.3) is 11.7 Å². The molecule has 11 heteroatoms. The van der Waals surface area contributed by atoms with Gasteiger partial charge in [-0.05, 0) is 37.0 Å². The quantitative estimate of drug-likeness (QED) is 0.502. The van der Waals surface area contributed by atoms with Gasteiger partial charge in [-0.15, -0.1) is 0 Å². The van der Waals surface area contributed by atoms with Gasteiger partial charge in [0, 0.05) is 12.7 Å². The van der Waals surface area contributed by atoms with E-state index in [1.807, 2.05) is 26.8 Å². The number of amides is 1. The van der Waals surface area contributed by atoms with Crippen molar-refractivity contribution in [2.75, 3.05) is 23.4 Å². The van der Waals surface area contributed by atoms with Crippen molar-refractivity contribution in [2.45, 2.75) is 33.2 Å². The first-order valence-electron chi connectivity index (χ1n) is 10.3. The highest BCUT2D eigenvalue weighted by Gasteiger charge is 2.42. The third-order valence-corrected chi connectivity index (χ3v) is 8.44. The normalized spacial score (nSPS) is 21.9. The molecule has 1 atom stereocenters. The Morgan fingerprint density at radius 3 is 2.75 bits per heavy atom. The number of nitrogens with zero attached hydrogens (tertiary/aromatic N) is 3. The van der Waals surface area contributed by atoms with Gasteiger partial charge in [-0.2, -0.15) is 0 Å². The fraction of sp³-hybridized carbons (Fsp3) is 0.429.